The number of benzene rings is 4. The summed E-state index contributed by atoms with van der Waals surface area (Å²) in [5.41, 5.74) is 10.1. The SMILES string of the molecule is CC(C)(C)[C@@H](NCC[C@H](N)C(=O)NCCC(=O)N[C@H](CCC(=O)OCc1ccccc1)C(=O)OCc1ccccc1)c1cc(-c2cc(F)ccc2F)cn1Cc1ccccc1.OCCO. The van der Waals surface area contributed by atoms with Crippen LogP contribution < -0.4 is 21.7 Å². The summed E-state index contributed by atoms with van der Waals surface area (Å²) in [6, 6.07) is 31.0. The zero-order chi connectivity index (χ0) is 47.2. The third-order valence-corrected chi connectivity index (χ3v) is 10.1. The molecule has 15 heteroatoms. The summed E-state index contributed by atoms with van der Waals surface area (Å²) in [5, 5.41) is 24.1. The summed E-state index contributed by atoms with van der Waals surface area (Å²) in [7, 11) is 0. The molecular formula is C50H61F2N5O8. The smallest absolute Gasteiger partial charge is 0.328 e. The molecule has 0 bridgehead atoms. The van der Waals surface area contributed by atoms with E-state index in [2.05, 4.69) is 36.7 Å². The number of carbonyl (C=O) groups excluding carboxylic acids is 4. The quantitative estimate of drug-likeness (QED) is 0.0442. The molecule has 0 spiro atoms. The molecule has 0 fully saturated rings. The summed E-state index contributed by atoms with van der Waals surface area (Å²) in [4.78, 5) is 51.7. The van der Waals surface area contributed by atoms with Crippen LogP contribution in [0.1, 0.15) is 74.9 Å². The average molecular weight is 898 g/mol. The zero-order valence-corrected chi connectivity index (χ0v) is 37.2. The standard InChI is InChI=1S/C48H55F2N5O6.C2H6O2/c1-48(2,3)45(42-27-36(38-28-37(49)19-20-39(38)50)30-55(42)29-33-13-7-4-8-14-33)52-25-23-40(51)46(58)53-26-24-43(56)54-41(47(59)61-32-35-17-11-6-12-18-35)21-22-44(57)60-31-34-15-9-5-10-16-34;3-1-2-4/h4-20,27-28,30,40-41,45,52H,21-26,29,31-32,51H2,1-3H3,(H,53,58)(H,54,56);3-4H,1-2H2/t40-,41+,45-;/m0./s1. The highest BCUT2D eigenvalue weighted by Gasteiger charge is 2.30. The van der Waals surface area contributed by atoms with E-state index in [1.54, 1.807) is 12.1 Å². The molecule has 0 unspecified atom stereocenters. The van der Waals surface area contributed by atoms with Gasteiger partial charge in [-0.05, 0) is 65.8 Å². The van der Waals surface area contributed by atoms with Crippen molar-refractivity contribution in [2.75, 3.05) is 26.3 Å². The van der Waals surface area contributed by atoms with Crippen LogP contribution in [0.25, 0.3) is 11.1 Å². The van der Waals surface area contributed by atoms with E-state index in [0.717, 1.165) is 34.5 Å². The maximum Gasteiger partial charge on any atom is 0.328 e. The van der Waals surface area contributed by atoms with Gasteiger partial charge >= 0.3 is 11.9 Å². The number of rotatable bonds is 22. The molecule has 5 aromatic rings. The Morgan fingerprint density at radius 1 is 0.738 bits per heavy atom. The normalized spacial score (nSPS) is 12.5. The molecule has 0 aliphatic carbocycles. The van der Waals surface area contributed by atoms with Gasteiger partial charge in [0.2, 0.25) is 11.8 Å². The first kappa shape index (κ1) is 51.4. The van der Waals surface area contributed by atoms with Crippen LogP contribution in [-0.2, 0) is 48.4 Å². The van der Waals surface area contributed by atoms with E-state index in [0.29, 0.717) is 18.7 Å². The molecule has 0 radical (unpaired) electrons. The fourth-order valence-corrected chi connectivity index (χ4v) is 6.77. The molecule has 65 heavy (non-hydrogen) atoms. The Morgan fingerprint density at radius 3 is 1.91 bits per heavy atom. The Balaban J connectivity index is 0.00000222. The van der Waals surface area contributed by atoms with E-state index in [1.807, 2.05) is 95.7 Å². The number of aliphatic hydroxyl groups is 2. The third-order valence-electron chi connectivity index (χ3n) is 10.1. The molecular weight excluding hydrogens is 837 g/mol. The number of amides is 2. The van der Waals surface area contributed by atoms with Gasteiger partial charge in [-0.2, -0.15) is 0 Å². The first-order valence-electron chi connectivity index (χ1n) is 21.6. The van der Waals surface area contributed by atoms with Crippen molar-refractivity contribution in [2.24, 2.45) is 11.1 Å². The van der Waals surface area contributed by atoms with E-state index in [-0.39, 0.29) is 75.7 Å². The average Bonchev–Trinajstić information content (AvgIpc) is 3.71. The Bertz CT molecular complexity index is 2230. The number of esters is 2. The van der Waals surface area contributed by atoms with E-state index in [4.69, 9.17) is 25.4 Å². The molecule has 7 N–H and O–H groups in total. The van der Waals surface area contributed by atoms with Crippen molar-refractivity contribution in [1.29, 1.82) is 0 Å². The van der Waals surface area contributed by atoms with Crippen LogP contribution in [-0.4, -0.2) is 76.9 Å². The fraction of sp³-hybridized carbons (Fsp3) is 0.360. The summed E-state index contributed by atoms with van der Waals surface area (Å²) in [6.45, 7) is 6.80. The maximum absolute atomic E-state index is 15.0. The lowest BCUT2D eigenvalue weighted by atomic mass is 9.84. The molecule has 3 atom stereocenters. The second-order valence-corrected chi connectivity index (χ2v) is 16.4. The Morgan fingerprint density at radius 2 is 1.32 bits per heavy atom. The summed E-state index contributed by atoms with van der Waals surface area (Å²) in [5.74, 6) is -3.29. The number of aromatic nitrogens is 1. The van der Waals surface area contributed by atoms with Gasteiger partial charge in [-0.25, -0.2) is 13.6 Å². The predicted molar refractivity (Wildman–Crippen MR) is 244 cm³/mol. The first-order valence-corrected chi connectivity index (χ1v) is 21.6. The van der Waals surface area contributed by atoms with Gasteiger partial charge in [0.1, 0.15) is 30.9 Å². The van der Waals surface area contributed by atoms with Crippen LogP contribution in [0.15, 0.2) is 121 Å². The Labute approximate surface area is 379 Å². The maximum atomic E-state index is 15.0. The van der Waals surface area contributed by atoms with Crippen LogP contribution in [0, 0.1) is 17.0 Å². The van der Waals surface area contributed by atoms with Crippen molar-refractivity contribution in [3.05, 3.63) is 155 Å². The molecule has 1 aromatic heterocycles. The van der Waals surface area contributed by atoms with Crippen molar-refractivity contribution >= 4 is 23.8 Å². The third kappa shape index (κ3) is 17.7. The van der Waals surface area contributed by atoms with Crippen molar-refractivity contribution in [1.82, 2.24) is 20.5 Å². The number of hydrogen-bond donors (Lipinski definition) is 6. The lowest BCUT2D eigenvalue weighted by molar-refractivity contribution is -0.150. The highest BCUT2D eigenvalue weighted by molar-refractivity contribution is 5.86. The molecule has 13 nitrogen and oxygen atoms in total. The highest BCUT2D eigenvalue weighted by Crippen LogP contribution is 2.37. The molecule has 348 valence electrons. The van der Waals surface area contributed by atoms with Gasteiger partial charge in [0.05, 0.1) is 25.3 Å². The molecule has 2 amide bonds. The van der Waals surface area contributed by atoms with Gasteiger partial charge < -0.3 is 45.9 Å². The molecule has 0 saturated carbocycles. The second kappa shape index (κ2) is 26.5. The van der Waals surface area contributed by atoms with Crippen LogP contribution in [0.3, 0.4) is 0 Å². The number of nitrogens with zero attached hydrogens (tertiary/aromatic N) is 1. The van der Waals surface area contributed by atoms with Gasteiger partial charge in [-0.3, -0.25) is 14.4 Å². The van der Waals surface area contributed by atoms with E-state index in [1.165, 1.54) is 6.07 Å². The summed E-state index contributed by atoms with van der Waals surface area (Å²) in [6.07, 6.45) is 1.74. The minimum absolute atomic E-state index is 0.0137. The molecule has 1 heterocycles. The number of halogens is 2. The number of nitrogens with two attached hydrogens (primary N) is 1. The van der Waals surface area contributed by atoms with Crippen LogP contribution in [0.5, 0.6) is 0 Å². The van der Waals surface area contributed by atoms with Crippen molar-refractivity contribution in [2.45, 2.75) is 84.3 Å². The monoisotopic (exact) mass is 897 g/mol. The summed E-state index contributed by atoms with van der Waals surface area (Å²) >= 11 is 0. The second-order valence-electron chi connectivity index (χ2n) is 16.4. The Kier molecular flexibility index (Phi) is 21.0. The minimum Gasteiger partial charge on any atom is -0.461 e. The lowest BCUT2D eigenvalue weighted by Gasteiger charge is -2.33. The van der Waals surface area contributed by atoms with Gasteiger partial charge in [0.15, 0.2) is 0 Å². The molecule has 0 aliphatic heterocycles. The summed E-state index contributed by atoms with van der Waals surface area (Å²) < 4.78 is 42.0. The van der Waals surface area contributed by atoms with Gasteiger partial charge in [0.25, 0.3) is 0 Å². The predicted octanol–water partition coefficient (Wildman–Crippen LogP) is 6.10. The number of nitrogens with one attached hydrogen (secondary N) is 3. The van der Waals surface area contributed by atoms with Gasteiger partial charge in [0, 0.05) is 48.9 Å². The lowest BCUT2D eigenvalue weighted by Crippen LogP contribution is -2.46. The van der Waals surface area contributed by atoms with E-state index in [9.17, 15) is 28.0 Å². The molecule has 4 aromatic carbocycles. The molecule has 0 saturated heterocycles. The van der Waals surface area contributed by atoms with Crippen molar-refractivity contribution < 1.29 is 47.6 Å². The largest absolute Gasteiger partial charge is 0.461 e. The Hall–Kier alpha value is -6.26. The van der Waals surface area contributed by atoms with Crippen LogP contribution in [0.2, 0.25) is 0 Å². The number of carbonyl (C=O) groups is 4. The number of hydrogen-bond acceptors (Lipinski definition) is 10. The van der Waals surface area contributed by atoms with Crippen molar-refractivity contribution in [3.63, 3.8) is 0 Å². The van der Waals surface area contributed by atoms with Crippen LogP contribution >= 0.6 is 0 Å². The van der Waals surface area contributed by atoms with Gasteiger partial charge in [-0.1, -0.05) is 112 Å². The first-order chi connectivity index (χ1) is 31.2. The van der Waals surface area contributed by atoms with E-state index < -0.39 is 47.5 Å². The minimum atomic E-state index is -1.13. The van der Waals surface area contributed by atoms with E-state index >= 15 is 0 Å². The van der Waals surface area contributed by atoms with Crippen LogP contribution in [0.4, 0.5) is 8.78 Å². The van der Waals surface area contributed by atoms with Crippen molar-refractivity contribution in [3.8, 4) is 11.1 Å². The molecule has 0 aliphatic rings. The fourth-order valence-electron chi connectivity index (χ4n) is 6.77. The zero-order valence-electron chi connectivity index (χ0n) is 37.2. The van der Waals surface area contributed by atoms with Gasteiger partial charge in [-0.15, -0.1) is 0 Å². The number of aliphatic hydroxyl groups excluding tert-OH is 2. The molecule has 5 rings (SSSR count). The topological polar surface area (TPSA) is 194 Å². The number of ether oxygens (including phenoxy) is 2. The highest BCUT2D eigenvalue weighted by atomic mass is 19.1.